The molecule has 4 aliphatic carbocycles. The van der Waals surface area contributed by atoms with Crippen LogP contribution in [0, 0.1) is 74.4 Å². The number of carbonyl (C=O) groups is 1. The number of allylic oxidation sites excluding steroid dienone is 2. The Balaban J connectivity index is 1.71. The minimum absolute atomic E-state index is 0.139. The zero-order chi connectivity index (χ0) is 27.2. The molecule has 0 amide bonds. The lowest BCUT2D eigenvalue weighted by atomic mass is 9.39. The normalized spacial score (nSPS) is 46.9. The summed E-state index contributed by atoms with van der Waals surface area (Å²) < 4.78 is 0. The molecule has 1 heteroatoms. The van der Waals surface area contributed by atoms with Gasteiger partial charge in [-0.25, -0.2) is 0 Å². The minimum Gasteiger partial charge on any atom is -0.295 e. The van der Waals surface area contributed by atoms with Gasteiger partial charge in [0, 0.05) is 5.92 Å². The van der Waals surface area contributed by atoms with Gasteiger partial charge in [-0.1, -0.05) is 95.6 Å². The average molecular weight is 497 g/mol. The molecule has 0 aromatic heterocycles. The van der Waals surface area contributed by atoms with E-state index in [1.54, 1.807) is 5.57 Å². The van der Waals surface area contributed by atoms with Crippen molar-refractivity contribution >= 4 is 5.78 Å². The average Bonchev–Trinajstić information content (AvgIpc) is 3.01. The molecule has 0 radical (unpaired) electrons. The first-order chi connectivity index (χ1) is 16.3. The molecule has 0 bridgehead atoms. The van der Waals surface area contributed by atoms with Crippen LogP contribution in [-0.4, -0.2) is 5.78 Å². The molecule has 4 rings (SSSR count). The van der Waals surface area contributed by atoms with Gasteiger partial charge in [-0.2, -0.15) is 0 Å². The molecule has 0 aliphatic heterocycles. The van der Waals surface area contributed by atoms with Crippen molar-refractivity contribution in [3.05, 3.63) is 11.6 Å². The first kappa shape index (κ1) is 28.4. The second-order valence-corrected chi connectivity index (χ2v) is 17.2. The largest absolute Gasteiger partial charge is 0.295 e. The first-order valence-corrected chi connectivity index (χ1v) is 15.6. The maximum absolute atomic E-state index is 13.8. The van der Waals surface area contributed by atoms with Gasteiger partial charge in [-0.15, -0.1) is 0 Å². The van der Waals surface area contributed by atoms with Gasteiger partial charge in [0.2, 0.25) is 0 Å². The fourth-order valence-corrected chi connectivity index (χ4v) is 10.6. The smallest absolute Gasteiger partial charge is 0.159 e. The van der Waals surface area contributed by atoms with Crippen LogP contribution < -0.4 is 0 Å². The molecule has 11 atom stereocenters. The Kier molecular flexibility index (Phi) is 6.88. The van der Waals surface area contributed by atoms with Gasteiger partial charge in [-0.3, -0.25) is 4.79 Å². The molecule has 0 N–H and O–H groups in total. The Morgan fingerprint density at radius 1 is 0.917 bits per heavy atom. The van der Waals surface area contributed by atoms with E-state index in [0.29, 0.717) is 58.0 Å². The molecule has 0 heterocycles. The fraction of sp³-hybridized carbons (Fsp3) is 0.914. The van der Waals surface area contributed by atoms with Crippen molar-refractivity contribution in [1.29, 1.82) is 0 Å². The second kappa shape index (κ2) is 8.71. The zero-order valence-electron chi connectivity index (χ0n) is 26.3. The van der Waals surface area contributed by atoms with Crippen LogP contribution in [0.15, 0.2) is 11.6 Å². The van der Waals surface area contributed by atoms with Gasteiger partial charge in [0.05, 0.1) is 0 Å². The molecule has 4 aliphatic rings. The summed E-state index contributed by atoms with van der Waals surface area (Å²) in [7, 11) is 0. The van der Waals surface area contributed by atoms with E-state index in [2.05, 4.69) is 96.1 Å². The molecule has 36 heavy (non-hydrogen) atoms. The predicted molar refractivity (Wildman–Crippen MR) is 155 cm³/mol. The van der Waals surface area contributed by atoms with Crippen molar-refractivity contribution in [3.63, 3.8) is 0 Å². The van der Waals surface area contributed by atoms with Gasteiger partial charge < -0.3 is 0 Å². The third-order valence-electron chi connectivity index (χ3n) is 14.1. The summed E-state index contributed by atoms with van der Waals surface area (Å²) in [4.78, 5) is 13.8. The van der Waals surface area contributed by atoms with Gasteiger partial charge in [0.15, 0.2) is 5.78 Å². The van der Waals surface area contributed by atoms with Crippen molar-refractivity contribution in [3.8, 4) is 0 Å². The Hall–Kier alpha value is -0.590. The minimum atomic E-state index is 0.139. The molecule has 206 valence electrons. The summed E-state index contributed by atoms with van der Waals surface area (Å²) >= 11 is 0. The third-order valence-corrected chi connectivity index (χ3v) is 14.1. The summed E-state index contributed by atoms with van der Waals surface area (Å²) in [5.41, 5.74) is 2.77. The SMILES string of the molecule is C[C@@H]1C[C@]2(C)[C@@H](C(C)(C)[C@H](C)C[C@@H](C)C(C)(C)C)CC[C@@]2(C)C2=CC(=O)[C@@H]3C[C@@H](C)[C@@H](C)C[C@]3(C)C21. The van der Waals surface area contributed by atoms with Gasteiger partial charge in [0.25, 0.3) is 0 Å². The molecule has 3 saturated carbocycles. The van der Waals surface area contributed by atoms with E-state index >= 15 is 0 Å². The van der Waals surface area contributed by atoms with Crippen LogP contribution >= 0.6 is 0 Å². The highest BCUT2D eigenvalue weighted by atomic mass is 16.1. The number of rotatable bonds is 4. The predicted octanol–water partition coefficient (Wildman–Crippen LogP) is 10.00. The number of carbonyl (C=O) groups excluding carboxylic acids is 1. The number of fused-ring (bicyclic) bond motifs is 5. The summed E-state index contributed by atoms with van der Waals surface area (Å²) in [5, 5.41) is 0. The van der Waals surface area contributed by atoms with Crippen LogP contribution in [0.1, 0.15) is 129 Å². The van der Waals surface area contributed by atoms with Crippen LogP contribution in [0.5, 0.6) is 0 Å². The molecule has 0 aromatic carbocycles. The standard InChI is InChI=1S/C35H60O/c1-21-16-26-28(36)18-27-30(33(26,11)19-22(21)2)23(3)20-35(13)29(14-15-34(27,35)12)32(9,10)25(5)17-24(4)31(6,7)8/h18,21-26,29-30H,14-17,19-20H2,1-13H3/t21-,22+,23-,24-,25-,26+,29-,30?,33+,34+,35-/m1/s1. The first-order valence-electron chi connectivity index (χ1n) is 15.6. The summed E-state index contributed by atoms with van der Waals surface area (Å²) in [6, 6.07) is 0. The Labute approximate surface area is 225 Å². The molecule has 1 unspecified atom stereocenters. The maximum Gasteiger partial charge on any atom is 0.159 e. The van der Waals surface area contributed by atoms with Crippen LogP contribution in [0.25, 0.3) is 0 Å². The van der Waals surface area contributed by atoms with E-state index in [0.717, 1.165) is 6.42 Å². The quantitative estimate of drug-likeness (QED) is 0.378. The van der Waals surface area contributed by atoms with Gasteiger partial charge in [0.1, 0.15) is 0 Å². The topological polar surface area (TPSA) is 17.1 Å². The number of hydrogen-bond acceptors (Lipinski definition) is 1. The lowest BCUT2D eigenvalue weighted by Gasteiger charge is -2.64. The van der Waals surface area contributed by atoms with Crippen molar-refractivity contribution in [2.24, 2.45) is 74.4 Å². The van der Waals surface area contributed by atoms with E-state index in [-0.39, 0.29) is 22.2 Å². The molecule has 3 fully saturated rings. The fourth-order valence-electron chi connectivity index (χ4n) is 10.6. The van der Waals surface area contributed by atoms with Crippen molar-refractivity contribution in [2.75, 3.05) is 0 Å². The Morgan fingerprint density at radius 3 is 2.11 bits per heavy atom. The zero-order valence-corrected chi connectivity index (χ0v) is 26.3. The third kappa shape index (κ3) is 3.94. The second-order valence-electron chi connectivity index (χ2n) is 17.2. The van der Waals surface area contributed by atoms with Crippen molar-refractivity contribution in [2.45, 2.75) is 129 Å². The lowest BCUT2D eigenvalue weighted by molar-refractivity contribution is -0.139. The van der Waals surface area contributed by atoms with Crippen LogP contribution in [0.2, 0.25) is 0 Å². The van der Waals surface area contributed by atoms with E-state index in [9.17, 15) is 4.79 Å². The lowest BCUT2D eigenvalue weighted by Crippen LogP contribution is -2.59. The Bertz CT molecular complexity index is 902. The summed E-state index contributed by atoms with van der Waals surface area (Å²) in [6.45, 7) is 32.5. The highest BCUT2D eigenvalue weighted by Gasteiger charge is 2.68. The van der Waals surface area contributed by atoms with Crippen LogP contribution in [0.3, 0.4) is 0 Å². The number of ketones is 1. The Morgan fingerprint density at radius 2 is 1.53 bits per heavy atom. The van der Waals surface area contributed by atoms with Gasteiger partial charge in [-0.05, 0) is 113 Å². The maximum atomic E-state index is 13.8. The molecule has 0 spiro atoms. The highest BCUT2D eigenvalue weighted by Crippen LogP contribution is 2.75. The molecule has 0 saturated heterocycles. The van der Waals surface area contributed by atoms with E-state index < -0.39 is 0 Å². The molecular weight excluding hydrogens is 436 g/mol. The summed E-state index contributed by atoms with van der Waals surface area (Å²) in [5.74, 6) is 5.41. The molecule has 1 nitrogen and oxygen atoms in total. The monoisotopic (exact) mass is 496 g/mol. The van der Waals surface area contributed by atoms with E-state index in [1.807, 2.05) is 0 Å². The van der Waals surface area contributed by atoms with Gasteiger partial charge >= 0.3 is 0 Å². The van der Waals surface area contributed by atoms with Crippen LogP contribution in [0.4, 0.5) is 0 Å². The molecular formula is C35H60O. The van der Waals surface area contributed by atoms with E-state index in [4.69, 9.17) is 0 Å². The summed E-state index contributed by atoms with van der Waals surface area (Å²) in [6.07, 6.45) is 9.74. The van der Waals surface area contributed by atoms with Crippen molar-refractivity contribution < 1.29 is 4.79 Å². The number of hydrogen-bond donors (Lipinski definition) is 0. The van der Waals surface area contributed by atoms with Crippen molar-refractivity contribution in [1.82, 2.24) is 0 Å². The van der Waals surface area contributed by atoms with E-state index in [1.165, 1.54) is 32.1 Å². The van der Waals surface area contributed by atoms with Crippen LogP contribution in [-0.2, 0) is 4.79 Å². The highest BCUT2D eigenvalue weighted by molar-refractivity contribution is 5.94. The molecule has 0 aromatic rings.